The van der Waals surface area contributed by atoms with Crippen LogP contribution in [0.5, 0.6) is 0 Å². The van der Waals surface area contributed by atoms with Crippen LogP contribution in [0.1, 0.15) is 17.8 Å². The molecule has 118 valence electrons. The summed E-state index contributed by atoms with van der Waals surface area (Å²) in [6.07, 6.45) is 6.11. The summed E-state index contributed by atoms with van der Waals surface area (Å²) in [5.74, 6) is 0.612. The average Bonchev–Trinajstić information content (AvgIpc) is 2.76. The van der Waals surface area contributed by atoms with Crippen molar-refractivity contribution in [2.24, 2.45) is 0 Å². The van der Waals surface area contributed by atoms with Gasteiger partial charge < -0.3 is 0 Å². The third kappa shape index (κ3) is 3.96. The van der Waals surface area contributed by atoms with E-state index in [4.69, 9.17) is 47.0 Å². The highest BCUT2D eigenvalue weighted by atomic mass is 35.5. The Balaban J connectivity index is 1.94. The van der Waals surface area contributed by atoms with Gasteiger partial charge in [0.15, 0.2) is 5.82 Å². The molecule has 0 radical (unpaired) electrons. The molecule has 23 heavy (non-hydrogen) atoms. The molecule has 3 nitrogen and oxygen atoms in total. The number of halogens is 3. The number of allylic oxidation sites excluding steroid dienone is 6. The lowest BCUT2D eigenvalue weighted by Crippen LogP contribution is -2.02. The molecular weight excluding hydrogens is 373 g/mol. The molecule has 0 saturated carbocycles. The van der Waals surface area contributed by atoms with Gasteiger partial charge in [0.05, 0.1) is 6.54 Å². The first-order valence-electron chi connectivity index (χ1n) is 6.87. The third-order valence-corrected chi connectivity index (χ3v) is 4.51. The highest BCUT2D eigenvalue weighted by Crippen LogP contribution is 2.28. The predicted octanol–water partition coefficient (Wildman–Crippen LogP) is 5.67. The van der Waals surface area contributed by atoms with Gasteiger partial charge in [-0.1, -0.05) is 53.0 Å². The molecule has 1 aliphatic rings. The van der Waals surface area contributed by atoms with Gasteiger partial charge in [-0.15, -0.1) is 0 Å². The Morgan fingerprint density at radius 2 is 2.04 bits per heavy atom. The van der Waals surface area contributed by atoms with E-state index in [0.717, 1.165) is 16.2 Å². The zero-order valence-corrected chi connectivity index (χ0v) is 15.0. The topological polar surface area (TPSA) is 33.6 Å². The maximum Gasteiger partial charge on any atom is 0.216 e. The molecule has 0 saturated heterocycles. The second-order valence-corrected chi connectivity index (χ2v) is 6.72. The van der Waals surface area contributed by atoms with E-state index in [1.807, 2.05) is 42.5 Å². The lowest BCUT2D eigenvalue weighted by Gasteiger charge is -2.04. The van der Waals surface area contributed by atoms with Crippen molar-refractivity contribution in [2.45, 2.75) is 13.0 Å². The molecule has 1 N–H and O–H groups in total. The highest BCUT2D eigenvalue weighted by molar-refractivity contribution is 7.71. The number of H-pyrrole nitrogens is 1. The Bertz CT molecular complexity index is 890. The lowest BCUT2D eigenvalue weighted by atomic mass is 10.2. The minimum atomic E-state index is 0.449. The Hall–Kier alpha value is -1.33. The summed E-state index contributed by atoms with van der Waals surface area (Å²) in [5.41, 5.74) is 1.79. The molecule has 0 aliphatic heterocycles. The molecule has 7 heteroatoms. The molecule has 0 fully saturated rings. The molecule has 0 unspecified atom stereocenters. The van der Waals surface area contributed by atoms with Gasteiger partial charge in [-0.2, -0.15) is 4.98 Å². The van der Waals surface area contributed by atoms with Crippen molar-refractivity contribution in [3.63, 3.8) is 0 Å². The van der Waals surface area contributed by atoms with Crippen molar-refractivity contribution in [3.8, 4) is 0 Å². The molecule has 2 aromatic rings. The first-order valence-corrected chi connectivity index (χ1v) is 8.41. The van der Waals surface area contributed by atoms with Gasteiger partial charge in [-0.3, -0.25) is 9.78 Å². The van der Waals surface area contributed by atoms with Crippen LogP contribution in [0, 0.1) is 4.77 Å². The quantitative estimate of drug-likeness (QED) is 0.691. The first-order chi connectivity index (χ1) is 11.0. The van der Waals surface area contributed by atoms with E-state index < -0.39 is 0 Å². The van der Waals surface area contributed by atoms with E-state index in [1.165, 1.54) is 0 Å². The van der Waals surface area contributed by atoms with Crippen LogP contribution in [0.4, 0.5) is 0 Å². The summed E-state index contributed by atoms with van der Waals surface area (Å²) in [6.45, 7) is 0.553. The van der Waals surface area contributed by atoms with Crippen LogP contribution in [-0.2, 0) is 6.54 Å². The van der Waals surface area contributed by atoms with E-state index in [1.54, 1.807) is 4.68 Å². The van der Waals surface area contributed by atoms with E-state index in [-0.39, 0.29) is 0 Å². The molecule has 1 aromatic carbocycles. The number of nitrogens with zero attached hydrogens (tertiary/aromatic N) is 2. The van der Waals surface area contributed by atoms with E-state index in [9.17, 15) is 0 Å². The summed E-state index contributed by atoms with van der Waals surface area (Å²) in [4.78, 5) is 4.39. The largest absolute Gasteiger partial charge is 0.279 e. The van der Waals surface area contributed by atoms with Gasteiger partial charge in [0.2, 0.25) is 4.77 Å². The van der Waals surface area contributed by atoms with E-state index >= 15 is 0 Å². The highest BCUT2D eigenvalue weighted by Gasteiger charge is 2.13. The predicted molar refractivity (Wildman–Crippen MR) is 98.4 cm³/mol. The number of hydrogen-bond acceptors (Lipinski definition) is 2. The zero-order valence-electron chi connectivity index (χ0n) is 11.9. The summed E-state index contributed by atoms with van der Waals surface area (Å²) < 4.78 is 2.22. The number of benzene rings is 1. The van der Waals surface area contributed by atoms with Gasteiger partial charge in [0, 0.05) is 27.1 Å². The van der Waals surface area contributed by atoms with Crippen LogP contribution in [0.3, 0.4) is 0 Å². The van der Waals surface area contributed by atoms with Crippen molar-refractivity contribution in [2.75, 3.05) is 0 Å². The van der Waals surface area contributed by atoms with Crippen LogP contribution >= 0.6 is 47.0 Å². The van der Waals surface area contributed by atoms with Crippen molar-refractivity contribution in [1.82, 2.24) is 14.8 Å². The number of nitrogens with one attached hydrogen (secondary N) is 1. The minimum absolute atomic E-state index is 0.449. The lowest BCUT2D eigenvalue weighted by molar-refractivity contribution is 0.673. The van der Waals surface area contributed by atoms with Crippen LogP contribution in [0.15, 0.2) is 52.6 Å². The van der Waals surface area contributed by atoms with Gasteiger partial charge in [-0.25, -0.2) is 0 Å². The van der Waals surface area contributed by atoms with Gasteiger partial charge in [0.25, 0.3) is 0 Å². The Morgan fingerprint density at radius 3 is 2.83 bits per heavy atom. The standard InChI is InChI=1S/C16H12Cl3N3S/c17-11-4-6-13(14(19)7-5-11)15-20-16(23)22(21-15)9-10-2-1-3-12(18)8-10/h1-4,6-8H,5,9H2,(H,20,21,23). The maximum atomic E-state index is 6.31. The van der Waals surface area contributed by atoms with E-state index in [2.05, 4.69) is 10.1 Å². The second-order valence-electron chi connectivity index (χ2n) is 5.02. The zero-order chi connectivity index (χ0) is 16.4. The average molecular weight is 385 g/mol. The van der Waals surface area contributed by atoms with Crippen molar-refractivity contribution >= 4 is 52.6 Å². The molecule has 3 rings (SSSR count). The van der Waals surface area contributed by atoms with Crippen LogP contribution < -0.4 is 0 Å². The second kappa shape index (κ2) is 7.05. The third-order valence-electron chi connectivity index (χ3n) is 3.33. The SMILES string of the molecule is S=c1nc(C2=CC=C(Cl)CC=C2Cl)[nH]n1Cc1cccc(Cl)c1. The molecule has 0 spiro atoms. The number of aromatic nitrogens is 3. The van der Waals surface area contributed by atoms with Gasteiger partial charge in [0.1, 0.15) is 0 Å². The molecule has 1 aromatic heterocycles. The smallest absolute Gasteiger partial charge is 0.216 e. The Morgan fingerprint density at radius 1 is 1.22 bits per heavy atom. The molecule has 0 atom stereocenters. The normalized spacial score (nSPS) is 14.8. The molecule has 0 amide bonds. The van der Waals surface area contributed by atoms with Crippen LogP contribution in [0.2, 0.25) is 5.02 Å². The summed E-state index contributed by atoms with van der Waals surface area (Å²) in [5, 5.41) is 5.18. The molecular formula is C16H12Cl3N3S. The van der Waals surface area contributed by atoms with Crippen molar-refractivity contribution in [3.05, 3.63) is 73.7 Å². The number of aromatic amines is 1. The van der Waals surface area contributed by atoms with Crippen molar-refractivity contribution in [1.29, 1.82) is 0 Å². The summed E-state index contributed by atoms with van der Waals surface area (Å²) in [7, 11) is 0. The Kier molecular flexibility index (Phi) is 5.07. The van der Waals surface area contributed by atoms with Crippen LogP contribution in [-0.4, -0.2) is 14.8 Å². The van der Waals surface area contributed by atoms with Crippen LogP contribution in [0.25, 0.3) is 5.57 Å². The molecule has 1 heterocycles. The Labute approximate surface area is 153 Å². The fraction of sp³-hybridized carbons (Fsp3) is 0.125. The summed E-state index contributed by atoms with van der Waals surface area (Å²) >= 11 is 23.7. The number of rotatable bonds is 3. The van der Waals surface area contributed by atoms with Gasteiger partial charge >= 0.3 is 0 Å². The van der Waals surface area contributed by atoms with Crippen molar-refractivity contribution < 1.29 is 0 Å². The van der Waals surface area contributed by atoms with E-state index in [0.29, 0.717) is 33.6 Å². The number of hydrogen-bond donors (Lipinski definition) is 1. The monoisotopic (exact) mass is 383 g/mol. The fourth-order valence-electron chi connectivity index (χ4n) is 2.21. The van der Waals surface area contributed by atoms with Gasteiger partial charge in [-0.05, 0) is 42.1 Å². The maximum absolute atomic E-state index is 6.31. The minimum Gasteiger partial charge on any atom is -0.279 e. The fourth-order valence-corrected chi connectivity index (χ4v) is 3.00. The first kappa shape index (κ1) is 16.5. The summed E-state index contributed by atoms with van der Waals surface area (Å²) in [6, 6.07) is 7.61. The molecule has 0 bridgehead atoms. The molecule has 1 aliphatic carbocycles.